The number of nitrogens with one attached hydrogen (secondary N) is 1. The van der Waals surface area contributed by atoms with Crippen LogP contribution in [-0.4, -0.2) is 36.8 Å². The van der Waals surface area contributed by atoms with Crippen LogP contribution in [0.5, 0.6) is 0 Å². The van der Waals surface area contributed by atoms with Gasteiger partial charge in [-0.3, -0.25) is 0 Å². The van der Waals surface area contributed by atoms with Gasteiger partial charge in [0.1, 0.15) is 10.7 Å². The molecular formula is C13H20ClN3O2S. The van der Waals surface area contributed by atoms with Gasteiger partial charge in [0, 0.05) is 25.3 Å². The van der Waals surface area contributed by atoms with Gasteiger partial charge in [0.2, 0.25) is 10.0 Å². The number of hydrogen-bond donors (Lipinski definition) is 1. The van der Waals surface area contributed by atoms with E-state index in [1.54, 1.807) is 0 Å². The van der Waals surface area contributed by atoms with Crippen LogP contribution in [0.25, 0.3) is 0 Å². The maximum Gasteiger partial charge on any atom is 0.244 e. The van der Waals surface area contributed by atoms with Crippen molar-refractivity contribution in [3.8, 4) is 0 Å². The zero-order valence-electron chi connectivity index (χ0n) is 11.8. The van der Waals surface area contributed by atoms with Gasteiger partial charge in [0.05, 0.1) is 5.02 Å². The average Bonchev–Trinajstić information content (AvgIpc) is 2.84. The normalized spacial score (nSPS) is 20.2. The minimum atomic E-state index is -3.49. The lowest BCUT2D eigenvalue weighted by atomic mass is 10.3. The summed E-state index contributed by atoms with van der Waals surface area (Å²) in [4.78, 5) is 4.29. The van der Waals surface area contributed by atoms with Crippen LogP contribution in [0.15, 0.2) is 17.2 Å². The highest BCUT2D eigenvalue weighted by Gasteiger charge is 2.33. The van der Waals surface area contributed by atoms with E-state index in [0.717, 1.165) is 25.8 Å². The number of sulfonamides is 1. The molecule has 1 unspecified atom stereocenters. The smallest absolute Gasteiger partial charge is 0.244 e. The minimum Gasteiger partial charge on any atom is -0.369 e. The van der Waals surface area contributed by atoms with E-state index >= 15 is 0 Å². The first-order valence-electron chi connectivity index (χ1n) is 6.88. The summed E-state index contributed by atoms with van der Waals surface area (Å²) in [5.74, 6) is 0.530. The van der Waals surface area contributed by atoms with Crippen LogP contribution >= 0.6 is 11.6 Å². The van der Waals surface area contributed by atoms with E-state index in [1.165, 1.54) is 16.6 Å². The van der Waals surface area contributed by atoms with Crippen LogP contribution in [0.1, 0.15) is 33.1 Å². The van der Waals surface area contributed by atoms with Gasteiger partial charge in [-0.1, -0.05) is 18.5 Å². The van der Waals surface area contributed by atoms with Gasteiger partial charge < -0.3 is 5.32 Å². The van der Waals surface area contributed by atoms with E-state index in [9.17, 15) is 8.42 Å². The van der Waals surface area contributed by atoms with Crippen molar-refractivity contribution < 1.29 is 8.42 Å². The lowest BCUT2D eigenvalue weighted by Gasteiger charge is -2.21. The number of rotatable bonds is 5. The third kappa shape index (κ3) is 3.07. The van der Waals surface area contributed by atoms with Crippen molar-refractivity contribution in [1.82, 2.24) is 9.29 Å². The van der Waals surface area contributed by atoms with E-state index in [4.69, 9.17) is 11.6 Å². The summed E-state index contributed by atoms with van der Waals surface area (Å²) in [5.41, 5.74) is 0. The maximum absolute atomic E-state index is 12.5. The monoisotopic (exact) mass is 317 g/mol. The molecule has 1 aromatic rings. The third-order valence-corrected chi connectivity index (χ3v) is 5.72. The Hall–Kier alpha value is -0.850. The van der Waals surface area contributed by atoms with Crippen molar-refractivity contribution in [3.05, 3.63) is 17.3 Å². The molecule has 1 aliphatic rings. The number of hydrogen-bond acceptors (Lipinski definition) is 4. The number of halogens is 1. The van der Waals surface area contributed by atoms with Gasteiger partial charge in [-0.2, -0.15) is 4.31 Å². The first-order valence-corrected chi connectivity index (χ1v) is 8.70. The van der Waals surface area contributed by atoms with Crippen LogP contribution in [0.2, 0.25) is 5.02 Å². The summed E-state index contributed by atoms with van der Waals surface area (Å²) in [6.45, 7) is 5.28. The molecule has 1 N–H and O–H groups in total. The zero-order chi connectivity index (χ0) is 14.8. The van der Waals surface area contributed by atoms with Crippen molar-refractivity contribution in [2.24, 2.45) is 0 Å². The predicted octanol–water partition coefficient (Wildman–Crippen LogP) is 2.73. The van der Waals surface area contributed by atoms with E-state index in [1.807, 2.05) is 13.8 Å². The van der Waals surface area contributed by atoms with Crippen molar-refractivity contribution in [2.75, 3.05) is 18.4 Å². The Kier molecular flexibility index (Phi) is 4.88. The van der Waals surface area contributed by atoms with Crippen LogP contribution in [0.4, 0.5) is 5.82 Å². The van der Waals surface area contributed by atoms with Crippen molar-refractivity contribution >= 4 is 27.4 Å². The molecule has 20 heavy (non-hydrogen) atoms. The largest absolute Gasteiger partial charge is 0.369 e. The summed E-state index contributed by atoms with van der Waals surface area (Å²) in [6, 6.07) is 1.52. The average molecular weight is 318 g/mol. The van der Waals surface area contributed by atoms with E-state index < -0.39 is 10.0 Å². The molecule has 7 heteroatoms. The molecule has 2 rings (SSSR count). The summed E-state index contributed by atoms with van der Waals surface area (Å²) in [5, 5.41) is 3.41. The SMILES string of the molecule is CCCNc1ncc(S(=O)(=O)N2CCCC2C)cc1Cl. The molecule has 1 fully saturated rings. The van der Waals surface area contributed by atoms with Crippen LogP contribution in [0, 0.1) is 0 Å². The topological polar surface area (TPSA) is 62.3 Å². The highest BCUT2D eigenvalue weighted by atomic mass is 35.5. The molecule has 0 radical (unpaired) electrons. The second kappa shape index (κ2) is 6.28. The number of pyridine rings is 1. The standard InChI is InChI=1S/C13H20ClN3O2S/c1-3-6-15-13-12(14)8-11(9-16-13)20(18,19)17-7-4-5-10(17)2/h8-10H,3-7H2,1-2H3,(H,15,16). The van der Waals surface area contributed by atoms with E-state index in [0.29, 0.717) is 17.4 Å². The Morgan fingerprint density at radius 1 is 1.55 bits per heavy atom. The summed E-state index contributed by atoms with van der Waals surface area (Å²) >= 11 is 6.11. The van der Waals surface area contributed by atoms with E-state index in [-0.39, 0.29) is 10.9 Å². The second-order valence-corrected chi connectivity index (χ2v) is 7.33. The fourth-order valence-corrected chi connectivity index (χ4v) is 4.30. The van der Waals surface area contributed by atoms with Crippen LogP contribution in [-0.2, 0) is 10.0 Å². The zero-order valence-corrected chi connectivity index (χ0v) is 13.3. The van der Waals surface area contributed by atoms with Gasteiger partial charge in [0.15, 0.2) is 0 Å². The molecule has 0 spiro atoms. The van der Waals surface area contributed by atoms with Crippen molar-refractivity contribution in [2.45, 2.75) is 44.0 Å². The summed E-state index contributed by atoms with van der Waals surface area (Å²) in [7, 11) is -3.49. The maximum atomic E-state index is 12.5. The Balaban J connectivity index is 2.26. The molecule has 1 aromatic heterocycles. The Morgan fingerprint density at radius 2 is 2.30 bits per heavy atom. The predicted molar refractivity (Wildman–Crippen MR) is 80.6 cm³/mol. The number of aromatic nitrogens is 1. The van der Waals surface area contributed by atoms with Gasteiger partial charge in [-0.15, -0.1) is 0 Å². The fraction of sp³-hybridized carbons (Fsp3) is 0.615. The fourth-order valence-electron chi connectivity index (χ4n) is 2.33. The highest BCUT2D eigenvalue weighted by molar-refractivity contribution is 7.89. The lowest BCUT2D eigenvalue weighted by Crippen LogP contribution is -2.33. The summed E-state index contributed by atoms with van der Waals surface area (Å²) < 4.78 is 26.6. The quantitative estimate of drug-likeness (QED) is 0.907. The number of nitrogens with zero attached hydrogens (tertiary/aromatic N) is 2. The Morgan fingerprint density at radius 3 is 2.85 bits per heavy atom. The molecule has 1 atom stereocenters. The molecular weight excluding hydrogens is 298 g/mol. The lowest BCUT2D eigenvalue weighted by molar-refractivity contribution is 0.408. The van der Waals surface area contributed by atoms with Crippen LogP contribution < -0.4 is 5.32 Å². The van der Waals surface area contributed by atoms with Gasteiger partial charge in [-0.25, -0.2) is 13.4 Å². The molecule has 112 valence electrons. The Bertz CT molecular complexity index is 577. The molecule has 0 aromatic carbocycles. The van der Waals surface area contributed by atoms with Gasteiger partial charge in [0.25, 0.3) is 0 Å². The van der Waals surface area contributed by atoms with Crippen LogP contribution in [0.3, 0.4) is 0 Å². The van der Waals surface area contributed by atoms with Gasteiger partial charge in [-0.05, 0) is 32.3 Å². The van der Waals surface area contributed by atoms with Gasteiger partial charge >= 0.3 is 0 Å². The second-order valence-electron chi connectivity index (χ2n) is 5.04. The summed E-state index contributed by atoms with van der Waals surface area (Å²) in [6.07, 6.45) is 4.13. The molecule has 1 aliphatic heterocycles. The van der Waals surface area contributed by atoms with Crippen molar-refractivity contribution in [3.63, 3.8) is 0 Å². The molecule has 0 bridgehead atoms. The minimum absolute atomic E-state index is 0.0386. The first kappa shape index (κ1) is 15.5. The molecule has 1 saturated heterocycles. The third-order valence-electron chi connectivity index (χ3n) is 3.46. The number of anilines is 1. The molecule has 0 amide bonds. The van der Waals surface area contributed by atoms with Crippen molar-refractivity contribution in [1.29, 1.82) is 0 Å². The first-order chi connectivity index (χ1) is 9.46. The Labute approximate surface area is 125 Å². The molecule has 0 saturated carbocycles. The molecule has 2 heterocycles. The van der Waals surface area contributed by atoms with E-state index in [2.05, 4.69) is 10.3 Å². The molecule has 5 nitrogen and oxygen atoms in total. The highest BCUT2D eigenvalue weighted by Crippen LogP contribution is 2.28. The molecule has 0 aliphatic carbocycles.